The topological polar surface area (TPSA) is 56.0 Å². The van der Waals surface area contributed by atoms with Crippen molar-refractivity contribution < 1.29 is 9.32 Å². The Bertz CT molecular complexity index is 731. The quantitative estimate of drug-likeness (QED) is 0.644. The molecule has 1 aromatic heterocycles. The van der Waals surface area contributed by atoms with Crippen LogP contribution in [0.2, 0.25) is 0 Å². The van der Waals surface area contributed by atoms with E-state index < -0.39 is 0 Å². The van der Waals surface area contributed by atoms with Gasteiger partial charge in [0.05, 0.1) is 0 Å². The van der Waals surface area contributed by atoms with Crippen molar-refractivity contribution in [3.05, 3.63) is 48.4 Å². The van der Waals surface area contributed by atoms with Gasteiger partial charge in [-0.2, -0.15) is 4.98 Å². The lowest BCUT2D eigenvalue weighted by Gasteiger charge is -1.98. The van der Waals surface area contributed by atoms with Crippen molar-refractivity contribution in [2.45, 2.75) is 6.92 Å². The molecular weight excluding hydrogens is 228 g/mol. The first-order valence-corrected chi connectivity index (χ1v) is 5.58. The van der Waals surface area contributed by atoms with E-state index >= 15 is 0 Å². The summed E-state index contributed by atoms with van der Waals surface area (Å²) in [6.45, 7) is 1.40. The Morgan fingerprint density at radius 3 is 2.61 bits per heavy atom. The number of aromatic nitrogens is 2. The molecule has 1 heterocycles. The van der Waals surface area contributed by atoms with Crippen molar-refractivity contribution in [2.75, 3.05) is 0 Å². The summed E-state index contributed by atoms with van der Waals surface area (Å²) in [7, 11) is 0. The largest absolute Gasteiger partial charge is 0.330 e. The van der Waals surface area contributed by atoms with Crippen LogP contribution < -0.4 is 0 Å². The standard InChI is InChI=1S/C14H10N2O2/c1-9(17)14-15-13(16-18-14)12-7-6-10-4-2-3-5-11(10)8-12/h2-8H,1H3. The first kappa shape index (κ1) is 10.7. The average Bonchev–Trinajstić information content (AvgIpc) is 2.88. The molecule has 0 atom stereocenters. The van der Waals surface area contributed by atoms with E-state index in [0.29, 0.717) is 5.82 Å². The molecule has 0 aliphatic heterocycles. The maximum absolute atomic E-state index is 11.1. The summed E-state index contributed by atoms with van der Waals surface area (Å²) in [5.74, 6) is 0.249. The van der Waals surface area contributed by atoms with Crippen molar-refractivity contribution in [3.8, 4) is 11.4 Å². The lowest BCUT2D eigenvalue weighted by molar-refractivity contribution is 0.0972. The summed E-state index contributed by atoms with van der Waals surface area (Å²) >= 11 is 0. The molecule has 0 aliphatic carbocycles. The van der Waals surface area contributed by atoms with E-state index in [2.05, 4.69) is 10.1 Å². The number of Topliss-reactive ketones (excluding diaryl/α,β-unsaturated/α-hetero) is 1. The molecule has 0 radical (unpaired) electrons. The minimum atomic E-state index is -0.227. The minimum Gasteiger partial charge on any atom is -0.330 e. The zero-order valence-corrected chi connectivity index (χ0v) is 9.75. The number of rotatable bonds is 2. The van der Waals surface area contributed by atoms with E-state index in [1.54, 1.807) is 0 Å². The second-order valence-electron chi connectivity index (χ2n) is 4.04. The monoisotopic (exact) mass is 238 g/mol. The zero-order valence-electron chi connectivity index (χ0n) is 9.75. The van der Waals surface area contributed by atoms with E-state index in [-0.39, 0.29) is 11.7 Å². The molecule has 3 rings (SSSR count). The van der Waals surface area contributed by atoms with Crippen LogP contribution >= 0.6 is 0 Å². The van der Waals surface area contributed by atoms with E-state index in [9.17, 15) is 4.79 Å². The van der Waals surface area contributed by atoms with Gasteiger partial charge < -0.3 is 4.52 Å². The summed E-state index contributed by atoms with van der Waals surface area (Å²) in [6.07, 6.45) is 0. The Morgan fingerprint density at radius 2 is 1.89 bits per heavy atom. The number of hydrogen-bond acceptors (Lipinski definition) is 4. The van der Waals surface area contributed by atoms with Crippen molar-refractivity contribution in [1.82, 2.24) is 10.1 Å². The fourth-order valence-electron chi connectivity index (χ4n) is 1.81. The number of carbonyl (C=O) groups excluding carboxylic acids is 1. The Labute approximate surface area is 103 Å². The first-order chi connectivity index (χ1) is 8.74. The summed E-state index contributed by atoms with van der Waals surface area (Å²) in [4.78, 5) is 15.2. The second kappa shape index (κ2) is 4.07. The maximum atomic E-state index is 11.1. The lowest BCUT2D eigenvalue weighted by atomic mass is 10.1. The molecule has 0 fully saturated rings. The van der Waals surface area contributed by atoms with Gasteiger partial charge in [-0.3, -0.25) is 4.79 Å². The summed E-state index contributed by atoms with van der Waals surface area (Å²) in [5.41, 5.74) is 0.838. The number of hydrogen-bond donors (Lipinski definition) is 0. The molecule has 0 saturated carbocycles. The minimum absolute atomic E-state index is 0.0400. The Hall–Kier alpha value is -2.49. The van der Waals surface area contributed by atoms with Gasteiger partial charge in [0.15, 0.2) is 0 Å². The molecule has 0 spiro atoms. The third kappa shape index (κ3) is 1.78. The van der Waals surface area contributed by atoms with Crippen molar-refractivity contribution >= 4 is 16.6 Å². The van der Waals surface area contributed by atoms with Gasteiger partial charge in [-0.25, -0.2) is 0 Å². The van der Waals surface area contributed by atoms with Gasteiger partial charge in [-0.05, 0) is 16.8 Å². The SMILES string of the molecule is CC(=O)c1nc(-c2ccc3ccccc3c2)no1. The summed E-state index contributed by atoms with van der Waals surface area (Å²) < 4.78 is 4.88. The summed E-state index contributed by atoms with van der Waals surface area (Å²) in [5, 5.41) is 6.06. The fourth-order valence-corrected chi connectivity index (χ4v) is 1.81. The van der Waals surface area contributed by atoms with Gasteiger partial charge in [0.1, 0.15) is 0 Å². The number of fused-ring (bicyclic) bond motifs is 1. The molecule has 18 heavy (non-hydrogen) atoms. The number of benzene rings is 2. The zero-order chi connectivity index (χ0) is 12.5. The highest BCUT2D eigenvalue weighted by Crippen LogP contribution is 2.22. The van der Waals surface area contributed by atoms with Gasteiger partial charge in [0, 0.05) is 12.5 Å². The van der Waals surface area contributed by atoms with Crippen LogP contribution in [-0.2, 0) is 0 Å². The van der Waals surface area contributed by atoms with Crippen LogP contribution in [0, 0.1) is 0 Å². The molecule has 0 unspecified atom stereocenters. The molecule has 3 aromatic rings. The predicted octanol–water partition coefficient (Wildman–Crippen LogP) is 3.09. The normalized spacial score (nSPS) is 10.7. The number of nitrogens with zero attached hydrogens (tertiary/aromatic N) is 2. The molecule has 2 aromatic carbocycles. The van der Waals surface area contributed by atoms with Crippen molar-refractivity contribution in [2.24, 2.45) is 0 Å². The molecule has 4 heteroatoms. The fraction of sp³-hybridized carbons (Fsp3) is 0.0714. The van der Waals surface area contributed by atoms with E-state index in [1.807, 2.05) is 42.5 Å². The summed E-state index contributed by atoms with van der Waals surface area (Å²) in [6, 6.07) is 13.9. The highest BCUT2D eigenvalue weighted by molar-refractivity contribution is 5.90. The van der Waals surface area contributed by atoms with Crippen LogP contribution in [0.25, 0.3) is 22.2 Å². The van der Waals surface area contributed by atoms with Crippen LogP contribution in [0.4, 0.5) is 0 Å². The van der Waals surface area contributed by atoms with Crippen molar-refractivity contribution in [3.63, 3.8) is 0 Å². The highest BCUT2D eigenvalue weighted by Gasteiger charge is 2.11. The lowest BCUT2D eigenvalue weighted by Crippen LogP contribution is -1.91. The van der Waals surface area contributed by atoms with Crippen molar-refractivity contribution in [1.29, 1.82) is 0 Å². The molecule has 0 N–H and O–H groups in total. The Morgan fingerprint density at radius 1 is 1.11 bits per heavy atom. The van der Waals surface area contributed by atoms with Crippen LogP contribution in [-0.4, -0.2) is 15.9 Å². The highest BCUT2D eigenvalue weighted by atomic mass is 16.5. The van der Waals surface area contributed by atoms with Gasteiger partial charge in [-0.1, -0.05) is 41.6 Å². The molecule has 0 aliphatic rings. The van der Waals surface area contributed by atoms with E-state index in [4.69, 9.17) is 4.52 Å². The van der Waals surface area contributed by atoms with Crippen LogP contribution in [0.15, 0.2) is 47.0 Å². The van der Waals surface area contributed by atoms with E-state index in [1.165, 1.54) is 6.92 Å². The van der Waals surface area contributed by atoms with Crippen LogP contribution in [0.5, 0.6) is 0 Å². The smallest absolute Gasteiger partial charge is 0.294 e. The third-order valence-electron chi connectivity index (χ3n) is 2.73. The van der Waals surface area contributed by atoms with Gasteiger partial charge >= 0.3 is 0 Å². The van der Waals surface area contributed by atoms with Gasteiger partial charge in [0.2, 0.25) is 11.6 Å². The molecule has 0 bridgehead atoms. The Balaban J connectivity index is 2.10. The predicted molar refractivity (Wildman–Crippen MR) is 67.2 cm³/mol. The van der Waals surface area contributed by atoms with Gasteiger partial charge in [0.25, 0.3) is 5.89 Å². The van der Waals surface area contributed by atoms with Crippen LogP contribution in [0.3, 0.4) is 0 Å². The average molecular weight is 238 g/mol. The van der Waals surface area contributed by atoms with Gasteiger partial charge in [-0.15, -0.1) is 0 Å². The second-order valence-corrected chi connectivity index (χ2v) is 4.04. The first-order valence-electron chi connectivity index (χ1n) is 5.58. The Kier molecular flexibility index (Phi) is 2.41. The third-order valence-corrected chi connectivity index (χ3v) is 2.73. The maximum Gasteiger partial charge on any atom is 0.294 e. The van der Waals surface area contributed by atoms with E-state index in [0.717, 1.165) is 16.3 Å². The molecule has 88 valence electrons. The van der Waals surface area contributed by atoms with Crippen LogP contribution in [0.1, 0.15) is 17.6 Å². The number of ketones is 1. The molecular formula is C14H10N2O2. The molecule has 0 saturated heterocycles. The number of carbonyl (C=O) groups is 1. The molecule has 0 amide bonds. The molecule has 4 nitrogen and oxygen atoms in total.